The molecule has 2 saturated heterocycles. The maximum Gasteiger partial charge on any atom is 0.234 e. The van der Waals surface area contributed by atoms with Crippen LogP contribution in [0.2, 0.25) is 0 Å². The number of hydrogen-bond donors (Lipinski definition) is 0. The molecule has 1 aromatic heterocycles. The van der Waals surface area contributed by atoms with Gasteiger partial charge in [-0.3, -0.25) is 9.78 Å². The SMILES string of the molecule is CN(C)c1cncc(OC2CCN(C(=O)C3CCOCC3)C2)n1. The molecule has 3 rings (SSSR count). The molecule has 2 fully saturated rings. The summed E-state index contributed by atoms with van der Waals surface area (Å²) in [6.07, 6.45) is 5.81. The third-order valence-electron chi connectivity index (χ3n) is 4.37. The van der Waals surface area contributed by atoms with Crippen molar-refractivity contribution in [3.05, 3.63) is 12.4 Å². The summed E-state index contributed by atoms with van der Waals surface area (Å²) in [5.74, 6) is 1.63. The van der Waals surface area contributed by atoms with E-state index in [1.165, 1.54) is 0 Å². The number of likely N-dealkylation sites (tertiary alicyclic amines) is 1. The van der Waals surface area contributed by atoms with Gasteiger partial charge in [0.1, 0.15) is 6.10 Å². The Kier molecular flexibility index (Phi) is 4.95. The van der Waals surface area contributed by atoms with Crippen LogP contribution in [0.25, 0.3) is 0 Å². The summed E-state index contributed by atoms with van der Waals surface area (Å²) in [7, 11) is 3.83. The van der Waals surface area contributed by atoms with Gasteiger partial charge in [0.25, 0.3) is 0 Å². The number of amides is 1. The lowest BCUT2D eigenvalue weighted by Gasteiger charge is -2.26. The molecular weight excluding hydrogens is 296 g/mol. The van der Waals surface area contributed by atoms with Gasteiger partial charge >= 0.3 is 0 Å². The molecular formula is C16H24N4O3. The van der Waals surface area contributed by atoms with E-state index < -0.39 is 0 Å². The number of carbonyl (C=O) groups is 1. The summed E-state index contributed by atoms with van der Waals surface area (Å²) < 4.78 is 11.2. The van der Waals surface area contributed by atoms with Gasteiger partial charge in [-0.25, -0.2) is 0 Å². The van der Waals surface area contributed by atoms with Crippen molar-refractivity contribution >= 4 is 11.7 Å². The molecule has 7 heteroatoms. The van der Waals surface area contributed by atoms with Crippen LogP contribution in [0.4, 0.5) is 5.82 Å². The summed E-state index contributed by atoms with van der Waals surface area (Å²) in [5.41, 5.74) is 0. The van der Waals surface area contributed by atoms with Gasteiger partial charge in [0.2, 0.25) is 11.8 Å². The third kappa shape index (κ3) is 3.90. The van der Waals surface area contributed by atoms with Crippen molar-refractivity contribution in [1.29, 1.82) is 0 Å². The van der Waals surface area contributed by atoms with Crippen LogP contribution in [-0.4, -0.2) is 67.3 Å². The van der Waals surface area contributed by atoms with E-state index in [-0.39, 0.29) is 17.9 Å². The number of ether oxygens (including phenoxy) is 2. The molecule has 2 aliphatic heterocycles. The highest BCUT2D eigenvalue weighted by Crippen LogP contribution is 2.23. The van der Waals surface area contributed by atoms with E-state index in [0.717, 1.165) is 31.6 Å². The van der Waals surface area contributed by atoms with Crippen LogP contribution >= 0.6 is 0 Å². The van der Waals surface area contributed by atoms with Gasteiger partial charge in [-0.1, -0.05) is 0 Å². The first kappa shape index (κ1) is 16.0. The molecule has 0 aliphatic carbocycles. The zero-order chi connectivity index (χ0) is 16.2. The summed E-state index contributed by atoms with van der Waals surface area (Å²) in [4.78, 5) is 24.9. The van der Waals surface area contributed by atoms with Crippen molar-refractivity contribution in [3.63, 3.8) is 0 Å². The monoisotopic (exact) mass is 320 g/mol. The van der Waals surface area contributed by atoms with Gasteiger partial charge < -0.3 is 19.3 Å². The predicted octanol–water partition coefficient (Wildman–Crippen LogP) is 0.949. The standard InChI is InChI=1S/C16H24N4O3/c1-19(2)14-9-17-10-15(18-14)23-13-3-6-20(11-13)16(21)12-4-7-22-8-5-12/h9-10,12-13H,3-8,11H2,1-2H3. The second kappa shape index (κ2) is 7.12. The van der Waals surface area contributed by atoms with Gasteiger partial charge in [0, 0.05) is 46.2 Å². The van der Waals surface area contributed by atoms with Crippen molar-refractivity contribution < 1.29 is 14.3 Å². The molecule has 126 valence electrons. The van der Waals surface area contributed by atoms with Crippen LogP contribution in [0.5, 0.6) is 5.88 Å². The lowest BCUT2D eigenvalue weighted by Crippen LogP contribution is -2.38. The highest BCUT2D eigenvalue weighted by Gasteiger charge is 2.32. The molecule has 3 heterocycles. The highest BCUT2D eigenvalue weighted by molar-refractivity contribution is 5.79. The van der Waals surface area contributed by atoms with Crippen LogP contribution in [-0.2, 0) is 9.53 Å². The van der Waals surface area contributed by atoms with E-state index in [2.05, 4.69) is 9.97 Å². The number of hydrogen-bond acceptors (Lipinski definition) is 6. The first-order valence-electron chi connectivity index (χ1n) is 8.16. The number of rotatable bonds is 4. The number of carbonyl (C=O) groups excluding carboxylic acids is 1. The van der Waals surface area contributed by atoms with Crippen LogP contribution in [0.1, 0.15) is 19.3 Å². The molecule has 1 unspecified atom stereocenters. The average molecular weight is 320 g/mol. The smallest absolute Gasteiger partial charge is 0.234 e. The van der Waals surface area contributed by atoms with Gasteiger partial charge in [-0.2, -0.15) is 4.98 Å². The normalized spacial score (nSPS) is 22.2. The van der Waals surface area contributed by atoms with Gasteiger partial charge in [0.15, 0.2) is 5.82 Å². The van der Waals surface area contributed by atoms with E-state index in [1.807, 2.05) is 23.9 Å². The fraction of sp³-hybridized carbons (Fsp3) is 0.688. The molecule has 0 N–H and O–H groups in total. The quantitative estimate of drug-likeness (QED) is 0.823. The molecule has 0 saturated carbocycles. The first-order valence-corrected chi connectivity index (χ1v) is 8.16. The maximum atomic E-state index is 12.5. The van der Waals surface area contributed by atoms with Gasteiger partial charge in [-0.05, 0) is 12.8 Å². The molecule has 0 radical (unpaired) electrons. The topological polar surface area (TPSA) is 67.8 Å². The summed E-state index contributed by atoms with van der Waals surface area (Å²) in [6, 6.07) is 0. The van der Waals surface area contributed by atoms with Crippen LogP contribution in [0, 0.1) is 5.92 Å². The van der Waals surface area contributed by atoms with Crippen LogP contribution in [0.15, 0.2) is 12.4 Å². The predicted molar refractivity (Wildman–Crippen MR) is 85.5 cm³/mol. The largest absolute Gasteiger partial charge is 0.471 e. The second-order valence-electron chi connectivity index (χ2n) is 6.31. The Morgan fingerprint density at radius 1 is 1.30 bits per heavy atom. The molecule has 1 aromatic rings. The number of nitrogens with zero attached hydrogens (tertiary/aromatic N) is 4. The number of anilines is 1. The van der Waals surface area contributed by atoms with Crippen LogP contribution in [0.3, 0.4) is 0 Å². The molecule has 23 heavy (non-hydrogen) atoms. The van der Waals surface area contributed by atoms with E-state index in [4.69, 9.17) is 9.47 Å². The minimum Gasteiger partial charge on any atom is -0.471 e. The van der Waals surface area contributed by atoms with Crippen molar-refractivity contribution in [2.45, 2.75) is 25.4 Å². The minimum absolute atomic E-state index is 0.00879. The van der Waals surface area contributed by atoms with Crippen molar-refractivity contribution in [2.75, 3.05) is 45.3 Å². The summed E-state index contributed by atoms with van der Waals surface area (Å²) >= 11 is 0. The fourth-order valence-corrected chi connectivity index (χ4v) is 3.01. The van der Waals surface area contributed by atoms with Crippen LogP contribution < -0.4 is 9.64 Å². The van der Waals surface area contributed by atoms with Gasteiger partial charge in [0.05, 0.1) is 18.9 Å². The Bertz CT molecular complexity index is 546. The van der Waals surface area contributed by atoms with Crippen molar-refractivity contribution in [2.24, 2.45) is 5.92 Å². The van der Waals surface area contributed by atoms with Gasteiger partial charge in [-0.15, -0.1) is 0 Å². The zero-order valence-electron chi connectivity index (χ0n) is 13.8. The second-order valence-corrected chi connectivity index (χ2v) is 6.31. The number of aromatic nitrogens is 2. The Morgan fingerprint density at radius 3 is 2.83 bits per heavy atom. The minimum atomic E-state index is -0.00879. The van der Waals surface area contributed by atoms with E-state index in [0.29, 0.717) is 25.6 Å². The first-order chi connectivity index (χ1) is 11.1. The van der Waals surface area contributed by atoms with E-state index in [9.17, 15) is 4.79 Å². The zero-order valence-corrected chi connectivity index (χ0v) is 13.8. The lowest BCUT2D eigenvalue weighted by atomic mass is 9.99. The third-order valence-corrected chi connectivity index (χ3v) is 4.37. The molecule has 2 aliphatic rings. The van der Waals surface area contributed by atoms with Crippen molar-refractivity contribution in [1.82, 2.24) is 14.9 Å². The lowest BCUT2D eigenvalue weighted by molar-refractivity contribution is -0.137. The molecule has 7 nitrogen and oxygen atoms in total. The highest BCUT2D eigenvalue weighted by atomic mass is 16.5. The summed E-state index contributed by atoms with van der Waals surface area (Å²) in [5, 5.41) is 0. The maximum absolute atomic E-state index is 12.5. The molecule has 1 amide bonds. The Morgan fingerprint density at radius 2 is 2.09 bits per heavy atom. The summed E-state index contributed by atoms with van der Waals surface area (Å²) in [6.45, 7) is 2.76. The molecule has 0 bridgehead atoms. The van der Waals surface area contributed by atoms with E-state index >= 15 is 0 Å². The fourth-order valence-electron chi connectivity index (χ4n) is 3.01. The molecule has 1 atom stereocenters. The Hall–Kier alpha value is -1.89. The van der Waals surface area contributed by atoms with E-state index in [1.54, 1.807) is 12.4 Å². The van der Waals surface area contributed by atoms with Crippen molar-refractivity contribution in [3.8, 4) is 5.88 Å². The Labute approximate surface area is 136 Å². The molecule has 0 aromatic carbocycles. The average Bonchev–Trinajstić information content (AvgIpc) is 3.03. The Balaban J connectivity index is 1.55. The molecule has 0 spiro atoms.